The van der Waals surface area contributed by atoms with Gasteiger partial charge in [0.15, 0.2) is 6.29 Å². The molecule has 0 saturated heterocycles. The highest BCUT2D eigenvalue weighted by atomic mass is 16.1. The minimum absolute atomic E-state index is 0.280. The largest absolute Gasteiger partial charge is 0.350 e. The number of pyridine rings is 1. The summed E-state index contributed by atoms with van der Waals surface area (Å²) >= 11 is 0. The highest BCUT2D eigenvalue weighted by Crippen LogP contribution is 2.25. The van der Waals surface area contributed by atoms with Gasteiger partial charge in [-0.15, -0.1) is 0 Å². The molecule has 5 aromatic rings. The summed E-state index contributed by atoms with van der Waals surface area (Å²) in [5.74, 6) is 0.637. The molecule has 0 amide bonds. The first-order valence-corrected chi connectivity index (χ1v) is 10.5. The van der Waals surface area contributed by atoms with Gasteiger partial charge in [-0.05, 0) is 54.3 Å². The van der Waals surface area contributed by atoms with Crippen molar-refractivity contribution in [1.82, 2.24) is 29.5 Å². The zero-order chi connectivity index (χ0) is 22.8. The number of aromatic nitrogens is 6. The second-order valence-corrected chi connectivity index (χ2v) is 7.76. The summed E-state index contributed by atoms with van der Waals surface area (Å²) in [6, 6.07) is 12.4. The second kappa shape index (κ2) is 8.58. The van der Waals surface area contributed by atoms with Crippen molar-refractivity contribution in [3.8, 4) is 22.4 Å². The summed E-state index contributed by atoms with van der Waals surface area (Å²) in [6.45, 7) is 4.72. The van der Waals surface area contributed by atoms with Gasteiger partial charge >= 0.3 is 0 Å². The normalized spacial score (nSPS) is 11.0. The van der Waals surface area contributed by atoms with Crippen molar-refractivity contribution < 1.29 is 4.79 Å². The summed E-state index contributed by atoms with van der Waals surface area (Å²) in [5.41, 5.74) is 7.99. The third-order valence-electron chi connectivity index (χ3n) is 5.44. The molecular formula is C25H21N7O. The fraction of sp³-hybridized carbons (Fsp3) is 0.120. The molecule has 0 fully saturated rings. The van der Waals surface area contributed by atoms with Crippen molar-refractivity contribution in [3.05, 3.63) is 89.9 Å². The van der Waals surface area contributed by atoms with Gasteiger partial charge in [0.2, 0.25) is 5.95 Å². The van der Waals surface area contributed by atoms with Crippen molar-refractivity contribution in [1.29, 1.82) is 0 Å². The third kappa shape index (κ3) is 4.06. The lowest BCUT2D eigenvalue weighted by molar-refractivity contribution is 0.111. The van der Waals surface area contributed by atoms with Crippen molar-refractivity contribution in [3.63, 3.8) is 0 Å². The molecule has 0 aliphatic rings. The maximum Gasteiger partial charge on any atom is 0.224 e. The molecule has 0 radical (unpaired) electrons. The number of carbonyl (C=O) groups excluding carboxylic acids is 1. The molecule has 0 aliphatic carbocycles. The SMILES string of the molecule is Cc1cc(-c2ccc(CNc3ncc4cc(-c5nccnc5C=O)cnn34)cc2C)ccn1. The molecule has 1 aromatic carbocycles. The van der Waals surface area contributed by atoms with Crippen LogP contribution in [0.25, 0.3) is 27.9 Å². The standard InChI is InChI=1S/C25H21N7O/c1-16-9-18(3-4-22(16)19-5-6-26-17(2)10-19)12-29-25-30-14-21-11-20(13-31-32(21)25)24-23(15-33)27-7-8-28-24/h3-11,13-15H,12H2,1-2H3,(H,29,30). The number of fused-ring (bicyclic) bond motifs is 1. The van der Waals surface area contributed by atoms with Gasteiger partial charge in [-0.1, -0.05) is 18.2 Å². The molecule has 0 saturated carbocycles. The van der Waals surface area contributed by atoms with Gasteiger partial charge in [0.1, 0.15) is 11.4 Å². The smallest absolute Gasteiger partial charge is 0.224 e. The maximum atomic E-state index is 11.3. The summed E-state index contributed by atoms with van der Waals surface area (Å²) in [7, 11) is 0. The van der Waals surface area contributed by atoms with Crippen molar-refractivity contribution in [2.45, 2.75) is 20.4 Å². The van der Waals surface area contributed by atoms with E-state index in [-0.39, 0.29) is 5.69 Å². The van der Waals surface area contributed by atoms with Gasteiger partial charge in [0.25, 0.3) is 0 Å². The van der Waals surface area contributed by atoms with Gasteiger partial charge in [0, 0.05) is 36.4 Å². The van der Waals surface area contributed by atoms with E-state index in [4.69, 9.17) is 0 Å². The fourth-order valence-corrected chi connectivity index (χ4v) is 3.86. The first-order valence-electron chi connectivity index (χ1n) is 10.5. The third-order valence-corrected chi connectivity index (χ3v) is 5.44. The number of aldehydes is 1. The molecular weight excluding hydrogens is 414 g/mol. The Morgan fingerprint density at radius 3 is 2.61 bits per heavy atom. The van der Waals surface area contributed by atoms with E-state index in [2.05, 4.69) is 61.5 Å². The number of hydrogen-bond donors (Lipinski definition) is 1. The van der Waals surface area contributed by atoms with E-state index in [0.29, 0.717) is 30.0 Å². The first-order chi connectivity index (χ1) is 16.1. The predicted molar refractivity (Wildman–Crippen MR) is 126 cm³/mol. The second-order valence-electron chi connectivity index (χ2n) is 7.76. The van der Waals surface area contributed by atoms with Crippen LogP contribution in [0.1, 0.15) is 27.3 Å². The molecule has 0 unspecified atom stereocenters. The van der Waals surface area contributed by atoms with Gasteiger partial charge < -0.3 is 5.32 Å². The zero-order valence-corrected chi connectivity index (χ0v) is 18.2. The van der Waals surface area contributed by atoms with Crippen LogP contribution >= 0.6 is 0 Å². The molecule has 0 aliphatic heterocycles. The molecule has 162 valence electrons. The van der Waals surface area contributed by atoms with E-state index in [0.717, 1.165) is 16.8 Å². The minimum atomic E-state index is 0.280. The molecule has 0 atom stereocenters. The lowest BCUT2D eigenvalue weighted by Gasteiger charge is -2.10. The summed E-state index contributed by atoms with van der Waals surface area (Å²) in [4.78, 5) is 28.3. The highest BCUT2D eigenvalue weighted by molar-refractivity contribution is 5.83. The van der Waals surface area contributed by atoms with Crippen LogP contribution in [0.4, 0.5) is 5.95 Å². The molecule has 1 N–H and O–H groups in total. The van der Waals surface area contributed by atoms with E-state index in [1.54, 1.807) is 23.1 Å². The number of nitrogens with zero attached hydrogens (tertiary/aromatic N) is 6. The summed E-state index contributed by atoms with van der Waals surface area (Å²) < 4.78 is 1.72. The van der Waals surface area contributed by atoms with Gasteiger partial charge in [-0.25, -0.2) is 9.97 Å². The Hall–Kier alpha value is -4.46. The Labute approximate surface area is 190 Å². The summed E-state index contributed by atoms with van der Waals surface area (Å²) in [6.07, 6.45) is 8.97. The molecule has 33 heavy (non-hydrogen) atoms. The first kappa shape index (κ1) is 20.4. The van der Waals surface area contributed by atoms with Crippen LogP contribution in [0.15, 0.2) is 67.4 Å². The lowest BCUT2D eigenvalue weighted by atomic mass is 9.99. The molecule has 0 bridgehead atoms. The number of rotatable bonds is 6. The number of benzene rings is 1. The maximum absolute atomic E-state index is 11.3. The topological polar surface area (TPSA) is 98.0 Å². The van der Waals surface area contributed by atoms with Gasteiger partial charge in [0.05, 0.1) is 17.9 Å². The van der Waals surface area contributed by atoms with Crippen LogP contribution in [-0.4, -0.2) is 35.8 Å². The monoisotopic (exact) mass is 435 g/mol. The fourth-order valence-electron chi connectivity index (χ4n) is 3.86. The molecule has 0 spiro atoms. The quantitative estimate of drug-likeness (QED) is 0.397. The van der Waals surface area contributed by atoms with E-state index in [9.17, 15) is 4.79 Å². The van der Waals surface area contributed by atoms with E-state index >= 15 is 0 Å². The van der Waals surface area contributed by atoms with Gasteiger partial charge in [-0.3, -0.25) is 14.8 Å². The van der Waals surface area contributed by atoms with Crippen molar-refractivity contribution >= 4 is 17.8 Å². The Kier molecular flexibility index (Phi) is 5.32. The molecule has 4 heterocycles. The van der Waals surface area contributed by atoms with Crippen molar-refractivity contribution in [2.75, 3.05) is 5.32 Å². The lowest BCUT2D eigenvalue weighted by Crippen LogP contribution is -2.06. The number of aryl methyl sites for hydroxylation is 2. The van der Waals surface area contributed by atoms with Crippen LogP contribution < -0.4 is 5.32 Å². The Balaban J connectivity index is 1.36. The zero-order valence-electron chi connectivity index (χ0n) is 18.2. The molecule has 8 heteroatoms. The van der Waals surface area contributed by atoms with Crippen LogP contribution in [0, 0.1) is 13.8 Å². The Morgan fingerprint density at radius 2 is 1.79 bits per heavy atom. The average molecular weight is 435 g/mol. The van der Waals surface area contributed by atoms with E-state index in [1.807, 2.05) is 25.3 Å². The van der Waals surface area contributed by atoms with E-state index in [1.165, 1.54) is 22.9 Å². The number of nitrogens with one attached hydrogen (secondary N) is 1. The van der Waals surface area contributed by atoms with Crippen molar-refractivity contribution in [2.24, 2.45) is 0 Å². The van der Waals surface area contributed by atoms with Crippen LogP contribution in [0.5, 0.6) is 0 Å². The van der Waals surface area contributed by atoms with Crippen LogP contribution in [-0.2, 0) is 6.54 Å². The number of imidazole rings is 1. The molecule has 5 rings (SSSR count). The number of anilines is 1. The van der Waals surface area contributed by atoms with Crippen LogP contribution in [0.3, 0.4) is 0 Å². The predicted octanol–water partition coefficient (Wildman–Crippen LogP) is 4.29. The summed E-state index contributed by atoms with van der Waals surface area (Å²) in [5, 5.41) is 7.84. The number of hydrogen-bond acceptors (Lipinski definition) is 7. The Morgan fingerprint density at radius 1 is 0.909 bits per heavy atom. The highest BCUT2D eigenvalue weighted by Gasteiger charge is 2.11. The van der Waals surface area contributed by atoms with Crippen LogP contribution in [0.2, 0.25) is 0 Å². The average Bonchev–Trinajstić information content (AvgIpc) is 3.25. The van der Waals surface area contributed by atoms with Gasteiger partial charge in [-0.2, -0.15) is 9.61 Å². The van der Waals surface area contributed by atoms with E-state index < -0.39 is 0 Å². The minimum Gasteiger partial charge on any atom is -0.350 e. The molecule has 4 aromatic heterocycles. The Bertz CT molecular complexity index is 1480. The number of carbonyl (C=O) groups is 1. The molecule has 8 nitrogen and oxygen atoms in total.